The summed E-state index contributed by atoms with van der Waals surface area (Å²) in [4.78, 5) is 0. The number of alkyl halides is 1. The lowest BCUT2D eigenvalue weighted by Crippen LogP contribution is -2.34. The minimum Gasteiger partial charge on any atom is -0.391 e. The number of aliphatic hydroxyl groups is 1. The maximum Gasteiger partial charge on any atom is 0.0728 e. The molecule has 1 unspecified atom stereocenters. The molecule has 1 aromatic carbocycles. The fourth-order valence-corrected chi connectivity index (χ4v) is 2.06. The molecule has 0 saturated heterocycles. The molecule has 0 aromatic heterocycles. The van der Waals surface area contributed by atoms with Crippen LogP contribution in [0.1, 0.15) is 19.4 Å². The summed E-state index contributed by atoms with van der Waals surface area (Å²) in [6.45, 7) is 4.10. The second kappa shape index (κ2) is 4.25. The van der Waals surface area contributed by atoms with Gasteiger partial charge in [-0.1, -0.05) is 60.1 Å². The molecule has 2 heteroatoms. The molecule has 1 rings (SSSR count). The molecule has 0 bridgehead atoms. The van der Waals surface area contributed by atoms with Crippen molar-refractivity contribution in [2.45, 2.75) is 25.4 Å². The Hall–Kier alpha value is -0.340. The number of aliphatic hydroxyl groups excluding tert-OH is 1. The molecule has 0 aliphatic heterocycles. The lowest BCUT2D eigenvalue weighted by molar-refractivity contribution is 0.123. The van der Waals surface area contributed by atoms with E-state index in [9.17, 15) is 5.11 Å². The highest BCUT2D eigenvalue weighted by atomic mass is 79.9. The highest BCUT2D eigenvalue weighted by Gasteiger charge is 2.28. The molecule has 0 heterocycles. The van der Waals surface area contributed by atoms with Gasteiger partial charge in [0.25, 0.3) is 0 Å². The molecule has 0 aliphatic carbocycles. The van der Waals surface area contributed by atoms with Crippen LogP contribution in [0.5, 0.6) is 0 Å². The van der Waals surface area contributed by atoms with Crippen molar-refractivity contribution in [1.29, 1.82) is 0 Å². The van der Waals surface area contributed by atoms with Crippen LogP contribution in [0.2, 0.25) is 0 Å². The summed E-state index contributed by atoms with van der Waals surface area (Å²) >= 11 is 3.30. The molecule has 1 atom stereocenters. The molecule has 0 aliphatic rings. The first kappa shape index (κ1) is 10.7. The molecule has 0 saturated carbocycles. The molecule has 72 valence electrons. The Morgan fingerprint density at radius 2 is 1.85 bits per heavy atom. The Morgan fingerprint density at radius 3 is 2.31 bits per heavy atom. The Morgan fingerprint density at radius 1 is 1.31 bits per heavy atom. The van der Waals surface area contributed by atoms with Crippen LogP contribution >= 0.6 is 15.9 Å². The van der Waals surface area contributed by atoms with E-state index >= 15 is 0 Å². The van der Waals surface area contributed by atoms with Crippen LogP contribution in [0.3, 0.4) is 0 Å². The first-order valence-electron chi connectivity index (χ1n) is 4.38. The van der Waals surface area contributed by atoms with Gasteiger partial charge in [-0.15, -0.1) is 0 Å². The summed E-state index contributed by atoms with van der Waals surface area (Å²) in [5, 5.41) is 10.4. The van der Waals surface area contributed by atoms with Crippen LogP contribution in [-0.4, -0.2) is 16.5 Å². The van der Waals surface area contributed by atoms with E-state index in [0.29, 0.717) is 5.33 Å². The molecule has 1 N–H and O–H groups in total. The van der Waals surface area contributed by atoms with Gasteiger partial charge in [0.15, 0.2) is 0 Å². The van der Waals surface area contributed by atoms with Crippen LogP contribution in [-0.2, 0) is 5.41 Å². The second-order valence-electron chi connectivity index (χ2n) is 3.76. The zero-order chi connectivity index (χ0) is 9.90. The van der Waals surface area contributed by atoms with Crippen molar-refractivity contribution < 1.29 is 5.11 Å². The van der Waals surface area contributed by atoms with Crippen LogP contribution in [0.25, 0.3) is 0 Å². The minimum absolute atomic E-state index is 0.190. The van der Waals surface area contributed by atoms with Crippen LogP contribution in [0.4, 0.5) is 0 Å². The SMILES string of the molecule is CC(C)(c1ccccc1)C(O)CBr. The fourth-order valence-electron chi connectivity index (χ4n) is 1.25. The molecule has 1 aromatic rings. The zero-order valence-electron chi connectivity index (χ0n) is 8.00. The lowest BCUT2D eigenvalue weighted by Gasteiger charge is -2.29. The normalized spacial score (nSPS) is 14.2. The number of benzene rings is 1. The Kier molecular flexibility index (Phi) is 3.51. The van der Waals surface area contributed by atoms with E-state index in [1.54, 1.807) is 0 Å². The molecule has 0 spiro atoms. The van der Waals surface area contributed by atoms with E-state index in [4.69, 9.17) is 0 Å². The summed E-state index contributed by atoms with van der Waals surface area (Å²) in [5.74, 6) is 0. The summed E-state index contributed by atoms with van der Waals surface area (Å²) in [6, 6.07) is 10.1. The lowest BCUT2D eigenvalue weighted by atomic mass is 9.80. The quantitative estimate of drug-likeness (QED) is 0.809. The van der Waals surface area contributed by atoms with Crippen molar-refractivity contribution in [2.75, 3.05) is 5.33 Å². The van der Waals surface area contributed by atoms with Crippen molar-refractivity contribution >= 4 is 15.9 Å². The monoisotopic (exact) mass is 242 g/mol. The number of halogens is 1. The van der Waals surface area contributed by atoms with Crippen molar-refractivity contribution in [2.24, 2.45) is 0 Å². The zero-order valence-corrected chi connectivity index (χ0v) is 9.58. The summed E-state index contributed by atoms with van der Waals surface area (Å²) in [6.07, 6.45) is -0.352. The number of hydrogen-bond acceptors (Lipinski definition) is 1. The van der Waals surface area contributed by atoms with Crippen LogP contribution in [0.15, 0.2) is 30.3 Å². The topological polar surface area (TPSA) is 20.2 Å². The average Bonchev–Trinajstić information content (AvgIpc) is 2.18. The van der Waals surface area contributed by atoms with Gasteiger partial charge >= 0.3 is 0 Å². The van der Waals surface area contributed by atoms with Crippen LogP contribution < -0.4 is 0 Å². The Bertz CT molecular complexity index is 256. The Labute approximate surface area is 87.9 Å². The fraction of sp³-hybridized carbons (Fsp3) is 0.455. The third-order valence-electron chi connectivity index (χ3n) is 2.50. The largest absolute Gasteiger partial charge is 0.391 e. The van der Waals surface area contributed by atoms with E-state index in [1.807, 2.05) is 44.2 Å². The summed E-state index contributed by atoms with van der Waals surface area (Å²) in [5.41, 5.74) is 0.979. The molecule has 0 amide bonds. The maximum atomic E-state index is 9.79. The highest BCUT2D eigenvalue weighted by Crippen LogP contribution is 2.27. The second-order valence-corrected chi connectivity index (χ2v) is 4.41. The van der Waals surface area contributed by atoms with Gasteiger partial charge in [-0.25, -0.2) is 0 Å². The third kappa shape index (κ3) is 2.32. The van der Waals surface area contributed by atoms with Gasteiger partial charge in [-0.05, 0) is 5.56 Å². The smallest absolute Gasteiger partial charge is 0.0728 e. The third-order valence-corrected chi connectivity index (χ3v) is 3.11. The van der Waals surface area contributed by atoms with E-state index in [0.717, 1.165) is 0 Å². The Balaban J connectivity index is 2.93. The van der Waals surface area contributed by atoms with Gasteiger partial charge in [-0.3, -0.25) is 0 Å². The van der Waals surface area contributed by atoms with E-state index in [-0.39, 0.29) is 11.5 Å². The molecular weight excluding hydrogens is 228 g/mol. The molecule has 1 nitrogen and oxygen atoms in total. The van der Waals surface area contributed by atoms with Gasteiger partial charge in [0, 0.05) is 10.7 Å². The molecule has 0 radical (unpaired) electrons. The standard InChI is InChI=1S/C11H15BrO/c1-11(2,10(13)8-12)9-6-4-3-5-7-9/h3-7,10,13H,8H2,1-2H3. The first-order valence-corrected chi connectivity index (χ1v) is 5.50. The van der Waals surface area contributed by atoms with Crippen LogP contribution in [0, 0.1) is 0 Å². The molecule has 0 fully saturated rings. The van der Waals surface area contributed by atoms with E-state index in [2.05, 4.69) is 15.9 Å². The summed E-state index contributed by atoms with van der Waals surface area (Å²) in [7, 11) is 0. The number of rotatable bonds is 3. The van der Waals surface area contributed by atoms with Crippen molar-refractivity contribution in [3.8, 4) is 0 Å². The highest BCUT2D eigenvalue weighted by molar-refractivity contribution is 9.09. The maximum absolute atomic E-state index is 9.79. The van der Waals surface area contributed by atoms with E-state index < -0.39 is 0 Å². The predicted molar refractivity (Wildman–Crippen MR) is 59.3 cm³/mol. The van der Waals surface area contributed by atoms with E-state index in [1.165, 1.54) is 5.56 Å². The van der Waals surface area contributed by atoms with Crippen molar-refractivity contribution in [3.05, 3.63) is 35.9 Å². The van der Waals surface area contributed by atoms with Gasteiger partial charge in [0.05, 0.1) is 6.10 Å². The number of hydrogen-bond donors (Lipinski definition) is 1. The molecule has 13 heavy (non-hydrogen) atoms. The van der Waals surface area contributed by atoms with Gasteiger partial charge in [0.1, 0.15) is 0 Å². The van der Waals surface area contributed by atoms with Gasteiger partial charge in [0.2, 0.25) is 0 Å². The van der Waals surface area contributed by atoms with Gasteiger partial charge in [-0.2, -0.15) is 0 Å². The summed E-state index contributed by atoms with van der Waals surface area (Å²) < 4.78 is 0. The van der Waals surface area contributed by atoms with Crippen molar-refractivity contribution in [1.82, 2.24) is 0 Å². The molecular formula is C11H15BrO. The predicted octanol–water partition coefficient (Wildman–Crippen LogP) is 2.72. The average molecular weight is 243 g/mol. The first-order chi connectivity index (χ1) is 6.09. The minimum atomic E-state index is -0.352. The van der Waals surface area contributed by atoms with Gasteiger partial charge < -0.3 is 5.11 Å². The van der Waals surface area contributed by atoms with Crippen molar-refractivity contribution in [3.63, 3.8) is 0 Å².